The van der Waals surface area contributed by atoms with Crippen LogP contribution in [0.15, 0.2) is 35.3 Å². The lowest BCUT2D eigenvalue weighted by Gasteiger charge is -2.35. The Morgan fingerprint density at radius 1 is 1.14 bits per heavy atom. The molecule has 28 heavy (non-hydrogen) atoms. The molecule has 0 unspecified atom stereocenters. The van der Waals surface area contributed by atoms with E-state index < -0.39 is 0 Å². The van der Waals surface area contributed by atoms with Crippen molar-refractivity contribution in [2.45, 2.75) is 58.9 Å². The maximum absolute atomic E-state index is 9.43. The SMILES string of the molecule is CCNC(=NCC(CC)(CC)CCO)NC1CCN(c2ccccc2)CC1.I. The molecule has 1 aromatic rings. The van der Waals surface area contributed by atoms with Crippen LogP contribution in [0.4, 0.5) is 5.69 Å². The van der Waals surface area contributed by atoms with Gasteiger partial charge in [-0.05, 0) is 56.6 Å². The summed E-state index contributed by atoms with van der Waals surface area (Å²) < 4.78 is 0. The van der Waals surface area contributed by atoms with Crippen molar-refractivity contribution in [2.75, 3.05) is 37.7 Å². The zero-order valence-electron chi connectivity index (χ0n) is 17.8. The van der Waals surface area contributed by atoms with E-state index in [1.54, 1.807) is 0 Å². The Morgan fingerprint density at radius 3 is 2.32 bits per heavy atom. The average Bonchev–Trinajstić information content (AvgIpc) is 2.72. The van der Waals surface area contributed by atoms with Crippen LogP contribution in [0.2, 0.25) is 0 Å². The van der Waals surface area contributed by atoms with Gasteiger partial charge in [0, 0.05) is 44.5 Å². The predicted molar refractivity (Wildman–Crippen MR) is 131 cm³/mol. The standard InChI is InChI=1S/C22H38N4O.HI/c1-4-22(5-2,14-17-27)18-24-21(23-6-3)25-19-12-15-26(16-13-19)20-10-8-7-9-11-20;/h7-11,19,27H,4-6,12-18H2,1-3H3,(H2,23,24,25);1H. The van der Waals surface area contributed by atoms with Crippen molar-refractivity contribution in [1.29, 1.82) is 0 Å². The molecular formula is C22H39IN4O. The van der Waals surface area contributed by atoms with Crippen LogP contribution in [-0.2, 0) is 0 Å². The quantitative estimate of drug-likeness (QED) is 0.271. The molecule has 0 spiro atoms. The van der Waals surface area contributed by atoms with Crippen molar-refractivity contribution in [3.8, 4) is 0 Å². The zero-order chi connectivity index (χ0) is 19.5. The first-order valence-electron chi connectivity index (χ1n) is 10.6. The van der Waals surface area contributed by atoms with Gasteiger partial charge in [-0.1, -0.05) is 32.0 Å². The van der Waals surface area contributed by atoms with Crippen LogP contribution >= 0.6 is 24.0 Å². The van der Waals surface area contributed by atoms with Crippen LogP contribution in [0, 0.1) is 5.41 Å². The molecule has 1 aliphatic rings. The van der Waals surface area contributed by atoms with Crippen molar-refractivity contribution in [2.24, 2.45) is 10.4 Å². The first kappa shape index (κ1) is 25.0. The monoisotopic (exact) mass is 502 g/mol. The second-order valence-electron chi connectivity index (χ2n) is 7.62. The number of rotatable bonds is 9. The number of hydrogen-bond donors (Lipinski definition) is 3. The molecule has 0 radical (unpaired) electrons. The van der Waals surface area contributed by atoms with Crippen molar-refractivity contribution >= 4 is 35.6 Å². The maximum atomic E-state index is 9.43. The number of hydrogen-bond acceptors (Lipinski definition) is 3. The molecule has 0 bridgehead atoms. The minimum atomic E-state index is 0. The van der Waals surface area contributed by atoms with E-state index in [1.807, 2.05) is 0 Å². The van der Waals surface area contributed by atoms with Gasteiger partial charge in [0.05, 0.1) is 0 Å². The van der Waals surface area contributed by atoms with Gasteiger partial charge in [0.25, 0.3) is 0 Å². The summed E-state index contributed by atoms with van der Waals surface area (Å²) in [5, 5.41) is 16.5. The highest BCUT2D eigenvalue weighted by Crippen LogP contribution is 2.30. The molecule has 1 heterocycles. The van der Waals surface area contributed by atoms with E-state index in [9.17, 15) is 5.11 Å². The molecule has 1 aromatic carbocycles. The normalized spacial score (nSPS) is 15.9. The first-order valence-corrected chi connectivity index (χ1v) is 10.6. The van der Waals surface area contributed by atoms with E-state index in [0.717, 1.165) is 64.2 Å². The maximum Gasteiger partial charge on any atom is 0.191 e. The largest absolute Gasteiger partial charge is 0.396 e. The number of guanidine groups is 1. The van der Waals surface area contributed by atoms with Crippen LogP contribution < -0.4 is 15.5 Å². The number of benzene rings is 1. The van der Waals surface area contributed by atoms with E-state index in [1.165, 1.54) is 5.69 Å². The molecule has 2 rings (SSSR count). The fraction of sp³-hybridized carbons (Fsp3) is 0.682. The minimum Gasteiger partial charge on any atom is -0.396 e. The highest BCUT2D eigenvalue weighted by Gasteiger charge is 2.26. The number of piperidine rings is 1. The highest BCUT2D eigenvalue weighted by molar-refractivity contribution is 14.0. The number of nitrogens with one attached hydrogen (secondary N) is 2. The Balaban J connectivity index is 0.00000392. The van der Waals surface area contributed by atoms with Crippen LogP contribution in [-0.4, -0.2) is 49.9 Å². The number of aliphatic hydroxyl groups is 1. The third-order valence-corrected chi connectivity index (χ3v) is 6.02. The molecule has 1 aliphatic heterocycles. The van der Waals surface area contributed by atoms with Crippen LogP contribution in [0.1, 0.15) is 52.9 Å². The van der Waals surface area contributed by atoms with Gasteiger partial charge >= 0.3 is 0 Å². The van der Waals surface area contributed by atoms with Gasteiger partial charge in [0.15, 0.2) is 5.96 Å². The Hall–Kier alpha value is -1.02. The molecule has 0 amide bonds. The van der Waals surface area contributed by atoms with Gasteiger partial charge in [0.2, 0.25) is 0 Å². The van der Waals surface area contributed by atoms with Crippen molar-refractivity contribution in [3.05, 3.63) is 30.3 Å². The predicted octanol–water partition coefficient (Wildman–Crippen LogP) is 4.02. The van der Waals surface area contributed by atoms with E-state index in [-0.39, 0.29) is 36.0 Å². The lowest BCUT2D eigenvalue weighted by molar-refractivity contribution is 0.175. The molecular weight excluding hydrogens is 463 g/mol. The Kier molecular flexibility index (Phi) is 11.8. The minimum absolute atomic E-state index is 0. The number of halogens is 1. The molecule has 3 N–H and O–H groups in total. The summed E-state index contributed by atoms with van der Waals surface area (Å²) in [6, 6.07) is 11.1. The lowest BCUT2D eigenvalue weighted by Crippen LogP contribution is -2.49. The second kappa shape index (κ2) is 13.2. The van der Waals surface area contributed by atoms with Crippen molar-refractivity contribution in [1.82, 2.24) is 10.6 Å². The van der Waals surface area contributed by atoms with Crippen molar-refractivity contribution < 1.29 is 5.11 Å². The lowest BCUT2D eigenvalue weighted by atomic mass is 9.79. The number of aliphatic imine (C=N–C) groups is 1. The smallest absolute Gasteiger partial charge is 0.191 e. The molecule has 160 valence electrons. The average molecular weight is 502 g/mol. The molecule has 5 nitrogen and oxygen atoms in total. The Morgan fingerprint density at radius 2 is 1.79 bits per heavy atom. The summed E-state index contributed by atoms with van der Waals surface area (Å²) in [6.07, 6.45) is 5.13. The summed E-state index contributed by atoms with van der Waals surface area (Å²) in [5.74, 6) is 0.917. The van der Waals surface area contributed by atoms with Gasteiger partial charge in [-0.2, -0.15) is 0 Å². The van der Waals surface area contributed by atoms with Gasteiger partial charge in [0.1, 0.15) is 0 Å². The zero-order valence-corrected chi connectivity index (χ0v) is 20.1. The van der Waals surface area contributed by atoms with E-state index in [4.69, 9.17) is 4.99 Å². The number of aliphatic hydroxyl groups excluding tert-OH is 1. The number of nitrogens with zero attached hydrogens (tertiary/aromatic N) is 2. The van der Waals surface area contributed by atoms with Gasteiger partial charge in [-0.25, -0.2) is 0 Å². The summed E-state index contributed by atoms with van der Waals surface area (Å²) in [6.45, 7) is 10.5. The number of para-hydroxylation sites is 1. The third kappa shape index (κ3) is 7.43. The van der Waals surface area contributed by atoms with Gasteiger partial charge in [-0.3, -0.25) is 4.99 Å². The molecule has 0 saturated carbocycles. The van der Waals surface area contributed by atoms with Crippen LogP contribution in [0.5, 0.6) is 0 Å². The van der Waals surface area contributed by atoms with Crippen molar-refractivity contribution in [3.63, 3.8) is 0 Å². The Labute approximate surface area is 188 Å². The van der Waals surface area contributed by atoms with E-state index >= 15 is 0 Å². The first-order chi connectivity index (χ1) is 13.2. The summed E-state index contributed by atoms with van der Waals surface area (Å²) in [7, 11) is 0. The fourth-order valence-electron chi connectivity index (χ4n) is 3.82. The molecule has 1 saturated heterocycles. The molecule has 0 atom stereocenters. The second-order valence-corrected chi connectivity index (χ2v) is 7.62. The highest BCUT2D eigenvalue weighted by atomic mass is 127. The van der Waals surface area contributed by atoms with Crippen LogP contribution in [0.25, 0.3) is 0 Å². The molecule has 1 fully saturated rings. The molecule has 6 heteroatoms. The summed E-state index contributed by atoms with van der Waals surface area (Å²) in [4.78, 5) is 7.35. The molecule has 0 aliphatic carbocycles. The van der Waals surface area contributed by atoms with Gasteiger partial charge in [-0.15, -0.1) is 24.0 Å². The van der Waals surface area contributed by atoms with E-state index in [0.29, 0.717) is 6.04 Å². The Bertz CT molecular complexity index is 555. The van der Waals surface area contributed by atoms with E-state index in [2.05, 4.69) is 66.6 Å². The molecule has 0 aromatic heterocycles. The summed E-state index contributed by atoms with van der Waals surface area (Å²) in [5.41, 5.74) is 1.42. The summed E-state index contributed by atoms with van der Waals surface area (Å²) >= 11 is 0. The third-order valence-electron chi connectivity index (χ3n) is 6.02. The van der Waals surface area contributed by atoms with Gasteiger partial charge < -0.3 is 20.6 Å². The number of anilines is 1. The van der Waals surface area contributed by atoms with Crippen LogP contribution in [0.3, 0.4) is 0 Å². The topological polar surface area (TPSA) is 59.9 Å². The fourth-order valence-corrected chi connectivity index (χ4v) is 3.82.